The maximum absolute atomic E-state index is 17.2. The number of nitrogens with two attached hydrogens (primary N) is 1. The maximum atomic E-state index is 17.2. The number of allylic oxidation sites excluding steroid dienone is 4. The van der Waals surface area contributed by atoms with E-state index in [1.165, 1.54) is 31.0 Å². The number of alkyl halides is 1. The van der Waals surface area contributed by atoms with Gasteiger partial charge in [0.15, 0.2) is 17.2 Å². The topological polar surface area (TPSA) is 130 Å². The third-order valence-corrected chi connectivity index (χ3v) is 10.8. The molecule has 0 aliphatic heterocycles. The second-order valence-electron chi connectivity index (χ2n) is 11.3. The van der Waals surface area contributed by atoms with Crippen LogP contribution in [-0.4, -0.2) is 69.7 Å². The number of rotatable bonds is 6. The van der Waals surface area contributed by atoms with Crippen LogP contribution in [0.1, 0.15) is 46.5 Å². The van der Waals surface area contributed by atoms with E-state index < -0.39 is 46.1 Å². The van der Waals surface area contributed by atoms with Crippen molar-refractivity contribution in [2.24, 2.45) is 34.3 Å². The van der Waals surface area contributed by atoms with Crippen molar-refractivity contribution in [1.29, 1.82) is 0 Å². The third kappa shape index (κ3) is 3.52. The van der Waals surface area contributed by atoms with Gasteiger partial charge in [-0.15, -0.1) is 0 Å². The number of hydrogen-bond donors (Lipinski definition) is 4. The second kappa shape index (κ2) is 8.78. The third-order valence-electron chi connectivity index (χ3n) is 9.76. The number of nitrogens with one attached hydrogen (secondary N) is 1. The molecule has 7 nitrogen and oxygen atoms in total. The van der Waals surface area contributed by atoms with E-state index in [2.05, 4.69) is 5.32 Å². The highest BCUT2D eigenvalue weighted by atomic mass is 32.2. The van der Waals surface area contributed by atoms with Crippen LogP contribution >= 0.6 is 11.8 Å². The molecule has 4 aliphatic rings. The molecule has 0 bridgehead atoms. The number of aliphatic hydroxyl groups is 2. The van der Waals surface area contributed by atoms with Crippen molar-refractivity contribution in [2.45, 2.75) is 69.9 Å². The van der Waals surface area contributed by atoms with E-state index in [0.29, 0.717) is 24.8 Å². The highest BCUT2D eigenvalue weighted by Crippen LogP contribution is 2.70. The lowest BCUT2D eigenvalue weighted by Crippen LogP contribution is -2.69. The number of carbonyl (C=O) groups is 3. The van der Waals surface area contributed by atoms with Gasteiger partial charge in [0, 0.05) is 29.5 Å². The Morgan fingerprint density at radius 1 is 1.34 bits per heavy atom. The molecule has 1 unspecified atom stereocenters. The average Bonchev–Trinajstić information content (AvgIpc) is 3.01. The molecule has 3 saturated carbocycles. The molecular weight excluding hydrogens is 471 g/mol. The number of aliphatic hydroxyl groups excluding tert-OH is 1. The normalized spacial score (nSPS) is 45.1. The summed E-state index contributed by atoms with van der Waals surface area (Å²) in [5, 5.41) is 25.8. The van der Waals surface area contributed by atoms with Crippen molar-refractivity contribution in [1.82, 2.24) is 5.32 Å². The lowest BCUT2D eigenvalue weighted by molar-refractivity contribution is -0.218. The number of halogens is 1. The fourth-order valence-corrected chi connectivity index (χ4v) is 8.72. The molecule has 9 heteroatoms. The van der Waals surface area contributed by atoms with Gasteiger partial charge in [0.05, 0.1) is 17.9 Å². The summed E-state index contributed by atoms with van der Waals surface area (Å²) in [7, 11) is 1.49. The van der Waals surface area contributed by atoms with Crippen molar-refractivity contribution >= 4 is 29.2 Å². The molecular formula is C26H37FN2O5S. The van der Waals surface area contributed by atoms with E-state index >= 15 is 4.39 Å². The molecule has 4 aliphatic carbocycles. The van der Waals surface area contributed by atoms with Crippen LogP contribution in [0.4, 0.5) is 4.39 Å². The zero-order valence-electron chi connectivity index (χ0n) is 20.8. The number of Topliss-reactive ketones (excluding diaryl/α,β-unsaturated/α-hetero) is 1. The number of likely N-dealkylation sites (N-methyl/N-ethyl adjacent to an activating group) is 1. The lowest BCUT2D eigenvalue weighted by Gasteiger charge is -2.62. The molecule has 1 amide bonds. The largest absolute Gasteiger partial charge is 0.390 e. The molecule has 0 aromatic heterocycles. The van der Waals surface area contributed by atoms with Gasteiger partial charge in [-0.05, 0) is 56.6 Å². The number of amides is 1. The van der Waals surface area contributed by atoms with Crippen molar-refractivity contribution < 1.29 is 29.0 Å². The fourth-order valence-electron chi connectivity index (χ4n) is 7.79. The second-order valence-corrected chi connectivity index (χ2v) is 12.4. The van der Waals surface area contributed by atoms with Crippen LogP contribution in [0.25, 0.3) is 0 Å². The summed E-state index contributed by atoms with van der Waals surface area (Å²) < 4.78 is 17.2. The van der Waals surface area contributed by atoms with Crippen LogP contribution in [0.2, 0.25) is 0 Å². The van der Waals surface area contributed by atoms with Gasteiger partial charge in [-0.25, -0.2) is 4.39 Å². The molecule has 5 N–H and O–H groups in total. The van der Waals surface area contributed by atoms with E-state index in [9.17, 15) is 24.6 Å². The van der Waals surface area contributed by atoms with E-state index in [1.54, 1.807) is 13.0 Å². The Hall–Kier alpha value is -1.55. The predicted octanol–water partition coefficient (Wildman–Crippen LogP) is 1.71. The Labute approximate surface area is 210 Å². The van der Waals surface area contributed by atoms with Crippen LogP contribution in [0.15, 0.2) is 23.8 Å². The van der Waals surface area contributed by atoms with Gasteiger partial charge < -0.3 is 21.3 Å². The summed E-state index contributed by atoms with van der Waals surface area (Å²) in [5.74, 6) is -1.93. The molecule has 0 saturated heterocycles. The van der Waals surface area contributed by atoms with Crippen molar-refractivity contribution in [3.63, 3.8) is 0 Å². The minimum absolute atomic E-state index is 0.0230. The highest BCUT2D eigenvalue weighted by Gasteiger charge is 2.75. The lowest BCUT2D eigenvalue weighted by atomic mass is 9.44. The molecule has 0 aromatic carbocycles. The molecule has 194 valence electrons. The quantitative estimate of drug-likeness (QED) is 0.430. The zero-order chi connectivity index (χ0) is 26.0. The highest BCUT2D eigenvalue weighted by molar-refractivity contribution is 8.00. The molecule has 35 heavy (non-hydrogen) atoms. The summed E-state index contributed by atoms with van der Waals surface area (Å²) in [6.07, 6.45) is 4.48. The Morgan fingerprint density at radius 3 is 2.69 bits per heavy atom. The van der Waals surface area contributed by atoms with Gasteiger partial charge in [0.1, 0.15) is 5.60 Å². The minimum Gasteiger partial charge on any atom is -0.390 e. The monoisotopic (exact) mass is 508 g/mol. The average molecular weight is 509 g/mol. The smallest absolute Gasteiger partial charge is 0.237 e. The van der Waals surface area contributed by atoms with Crippen LogP contribution < -0.4 is 11.1 Å². The summed E-state index contributed by atoms with van der Waals surface area (Å²) in [4.78, 5) is 37.1. The van der Waals surface area contributed by atoms with E-state index in [4.69, 9.17) is 5.73 Å². The molecule has 3 fully saturated rings. The first kappa shape index (κ1) is 26.5. The van der Waals surface area contributed by atoms with Gasteiger partial charge in [0.2, 0.25) is 5.91 Å². The number of carbonyl (C=O) groups excluding carboxylic acids is 3. The van der Waals surface area contributed by atoms with Crippen LogP contribution in [-0.2, 0) is 14.4 Å². The van der Waals surface area contributed by atoms with E-state index in [0.717, 1.165) is 0 Å². The van der Waals surface area contributed by atoms with Gasteiger partial charge in [0.25, 0.3) is 0 Å². The summed E-state index contributed by atoms with van der Waals surface area (Å²) >= 11 is 1.20. The molecule has 9 atom stereocenters. The number of fused-ring (bicyclic) bond motifs is 5. The van der Waals surface area contributed by atoms with Gasteiger partial charge in [-0.1, -0.05) is 25.5 Å². The van der Waals surface area contributed by atoms with Gasteiger partial charge in [-0.3, -0.25) is 14.4 Å². The maximum Gasteiger partial charge on any atom is 0.237 e. The Bertz CT molecular complexity index is 1000. The summed E-state index contributed by atoms with van der Waals surface area (Å²) in [6.45, 7) is 5.39. The molecule has 0 heterocycles. The van der Waals surface area contributed by atoms with E-state index in [-0.39, 0.29) is 41.3 Å². The van der Waals surface area contributed by atoms with Crippen molar-refractivity contribution in [3.05, 3.63) is 23.8 Å². The molecule has 4 rings (SSSR count). The van der Waals surface area contributed by atoms with Crippen molar-refractivity contribution in [3.8, 4) is 0 Å². The van der Waals surface area contributed by atoms with Gasteiger partial charge in [-0.2, -0.15) is 11.8 Å². The number of hydrogen-bond acceptors (Lipinski definition) is 7. The first-order valence-electron chi connectivity index (χ1n) is 12.4. The first-order valence-corrected chi connectivity index (χ1v) is 13.5. The SMILES string of the molecule is CNC(=O)C(N)CSCC(=O)[C@@]1(O)[C@H](C)C[C@H]2[C@@H]3CCC4=CC(=O)C=C[C@]4(C)[C@@]3(F)[C@@H](O)C[C@@]21C. The Kier molecular flexibility index (Phi) is 6.65. The number of thioether (sulfide) groups is 1. The first-order chi connectivity index (χ1) is 16.3. The minimum atomic E-state index is -2.00. The standard InChI is InChI=1S/C26H37FN2O5S/c1-14-9-18-17-6-5-15-10-16(30)7-8-23(15,2)25(17,27)20(31)11-24(18,3)26(14,34)21(32)13-35-12-19(28)22(33)29-4/h7-8,10,14,17-20,31,34H,5-6,9,11-13,28H2,1-4H3,(H,29,33)/t14-,17+,18+,19?,20+,23+,24+,25+,26+/m1/s1. The van der Waals surface area contributed by atoms with Crippen LogP contribution in [0.5, 0.6) is 0 Å². The predicted molar refractivity (Wildman–Crippen MR) is 132 cm³/mol. The fraction of sp³-hybridized carbons (Fsp3) is 0.731. The Morgan fingerprint density at radius 2 is 2.03 bits per heavy atom. The van der Waals surface area contributed by atoms with Crippen LogP contribution in [0.3, 0.4) is 0 Å². The van der Waals surface area contributed by atoms with E-state index in [1.807, 2.05) is 13.8 Å². The number of ketones is 2. The van der Waals surface area contributed by atoms with Crippen LogP contribution in [0, 0.1) is 28.6 Å². The summed E-state index contributed by atoms with van der Waals surface area (Å²) in [6, 6.07) is -0.763. The van der Waals surface area contributed by atoms with Gasteiger partial charge >= 0.3 is 0 Å². The molecule has 0 aromatic rings. The summed E-state index contributed by atoms with van der Waals surface area (Å²) in [5.41, 5.74) is 0.700. The zero-order valence-corrected chi connectivity index (χ0v) is 21.7. The molecule has 0 radical (unpaired) electrons. The molecule has 0 spiro atoms. The van der Waals surface area contributed by atoms with Crippen molar-refractivity contribution in [2.75, 3.05) is 18.6 Å². The Balaban J connectivity index is 1.62.